The van der Waals surface area contributed by atoms with Crippen molar-refractivity contribution in [3.05, 3.63) is 115 Å². The molecule has 0 saturated carbocycles. The number of nitrogens with one attached hydrogen (secondary N) is 1. The normalized spacial score (nSPS) is 12.0. The zero-order valence-electron chi connectivity index (χ0n) is 18.8. The largest absolute Gasteiger partial charge is 0.355 e. The molecule has 0 atom stereocenters. The first-order valence-corrected chi connectivity index (χ1v) is 12.7. The Balaban J connectivity index is 1.38. The first kappa shape index (κ1) is 19.0. The maximum absolute atomic E-state index is 3.55. The minimum atomic E-state index is 1.14. The number of benzene rings is 5. The number of H-pyrrole nitrogens is 1. The fourth-order valence-corrected chi connectivity index (χ4v) is 6.69. The molecule has 0 unspecified atom stereocenters. The minimum absolute atomic E-state index is 1.14. The summed E-state index contributed by atoms with van der Waals surface area (Å²) in [4.78, 5) is 3.55. The first-order valence-electron chi connectivity index (χ1n) is 11.9. The Morgan fingerprint density at radius 2 is 1.34 bits per heavy atom. The van der Waals surface area contributed by atoms with E-state index >= 15 is 0 Å². The summed E-state index contributed by atoms with van der Waals surface area (Å²) >= 11 is 1.88. The highest BCUT2D eigenvalue weighted by molar-refractivity contribution is 7.26. The van der Waals surface area contributed by atoms with E-state index in [0.29, 0.717) is 0 Å². The van der Waals surface area contributed by atoms with Crippen LogP contribution in [0.3, 0.4) is 0 Å². The van der Waals surface area contributed by atoms with Crippen molar-refractivity contribution in [3.63, 3.8) is 0 Å². The van der Waals surface area contributed by atoms with E-state index in [4.69, 9.17) is 0 Å². The Labute approximate surface area is 205 Å². The van der Waals surface area contributed by atoms with E-state index in [2.05, 4.69) is 125 Å². The van der Waals surface area contributed by atoms with Gasteiger partial charge in [0.15, 0.2) is 0 Å². The third-order valence-corrected chi connectivity index (χ3v) is 8.28. The van der Waals surface area contributed by atoms with E-state index in [0.717, 1.165) is 5.69 Å². The number of fused-ring (bicyclic) bond motifs is 8. The Kier molecular flexibility index (Phi) is 3.85. The predicted molar refractivity (Wildman–Crippen MR) is 151 cm³/mol. The lowest BCUT2D eigenvalue weighted by Crippen LogP contribution is -1.93. The van der Waals surface area contributed by atoms with Gasteiger partial charge < -0.3 is 9.55 Å². The molecule has 35 heavy (non-hydrogen) atoms. The Morgan fingerprint density at radius 3 is 2.23 bits per heavy atom. The van der Waals surface area contributed by atoms with Gasteiger partial charge in [-0.25, -0.2) is 0 Å². The second-order valence-corrected chi connectivity index (χ2v) is 10.2. The number of aromatic nitrogens is 2. The zero-order valence-corrected chi connectivity index (χ0v) is 19.6. The number of aromatic amines is 1. The average molecular weight is 465 g/mol. The maximum atomic E-state index is 3.55. The van der Waals surface area contributed by atoms with Crippen molar-refractivity contribution in [1.29, 1.82) is 0 Å². The van der Waals surface area contributed by atoms with Gasteiger partial charge in [-0.2, -0.15) is 0 Å². The van der Waals surface area contributed by atoms with E-state index in [1.165, 1.54) is 64.1 Å². The summed E-state index contributed by atoms with van der Waals surface area (Å²) in [5.74, 6) is 0. The molecule has 0 bridgehead atoms. The number of hydrogen-bond acceptors (Lipinski definition) is 1. The molecule has 0 saturated heterocycles. The Morgan fingerprint density at radius 1 is 0.571 bits per heavy atom. The summed E-state index contributed by atoms with van der Waals surface area (Å²) in [7, 11) is 0. The quantitative estimate of drug-likeness (QED) is 0.263. The fraction of sp³-hybridized carbons (Fsp3) is 0. The lowest BCUT2D eigenvalue weighted by molar-refractivity contribution is 1.18. The number of thiophene rings is 1. The second kappa shape index (κ2) is 7.08. The average Bonchev–Trinajstić information content (AvgIpc) is 3.60. The highest BCUT2D eigenvalue weighted by Crippen LogP contribution is 2.43. The van der Waals surface area contributed by atoms with Gasteiger partial charge in [-0.3, -0.25) is 0 Å². The van der Waals surface area contributed by atoms with Crippen LogP contribution in [-0.2, 0) is 0 Å². The monoisotopic (exact) mass is 464 g/mol. The lowest BCUT2D eigenvalue weighted by atomic mass is 10.1. The molecule has 0 aliphatic heterocycles. The van der Waals surface area contributed by atoms with Crippen LogP contribution in [0.2, 0.25) is 0 Å². The van der Waals surface area contributed by atoms with Crippen molar-refractivity contribution in [1.82, 2.24) is 9.55 Å². The van der Waals surface area contributed by atoms with Gasteiger partial charge in [0.05, 0.1) is 11.0 Å². The van der Waals surface area contributed by atoms with Crippen molar-refractivity contribution in [2.24, 2.45) is 0 Å². The van der Waals surface area contributed by atoms with Crippen LogP contribution in [0.4, 0.5) is 0 Å². The van der Waals surface area contributed by atoms with Crippen LogP contribution in [0.25, 0.3) is 69.8 Å². The summed E-state index contributed by atoms with van der Waals surface area (Å²) in [5.41, 5.74) is 7.17. The first-order chi connectivity index (χ1) is 17.3. The van der Waals surface area contributed by atoms with Crippen molar-refractivity contribution < 1.29 is 0 Å². The number of para-hydroxylation sites is 2. The number of nitrogens with zero attached hydrogens (tertiary/aromatic N) is 1. The van der Waals surface area contributed by atoms with Gasteiger partial charge in [-0.05, 0) is 54.1 Å². The lowest BCUT2D eigenvalue weighted by Gasteiger charge is -2.09. The van der Waals surface area contributed by atoms with Gasteiger partial charge in [0.25, 0.3) is 0 Å². The fourth-order valence-electron chi connectivity index (χ4n) is 5.57. The molecular formula is C32H20N2S. The van der Waals surface area contributed by atoms with E-state index in [1.807, 2.05) is 11.3 Å². The predicted octanol–water partition coefficient (Wildman–Crippen LogP) is 9.30. The van der Waals surface area contributed by atoms with Gasteiger partial charge in [0.2, 0.25) is 0 Å². The third-order valence-electron chi connectivity index (χ3n) is 7.14. The van der Waals surface area contributed by atoms with E-state index < -0.39 is 0 Å². The zero-order chi connectivity index (χ0) is 22.9. The van der Waals surface area contributed by atoms with Gasteiger partial charge in [0, 0.05) is 53.2 Å². The van der Waals surface area contributed by atoms with Crippen LogP contribution in [-0.4, -0.2) is 9.55 Å². The van der Waals surface area contributed by atoms with Crippen LogP contribution in [0.1, 0.15) is 0 Å². The van der Waals surface area contributed by atoms with Crippen LogP contribution >= 0.6 is 11.3 Å². The topological polar surface area (TPSA) is 20.7 Å². The van der Waals surface area contributed by atoms with E-state index in [1.54, 1.807) is 0 Å². The summed E-state index contributed by atoms with van der Waals surface area (Å²) in [5, 5.41) is 6.59. The molecule has 8 rings (SSSR count). The van der Waals surface area contributed by atoms with E-state index in [-0.39, 0.29) is 0 Å². The summed E-state index contributed by atoms with van der Waals surface area (Å²) < 4.78 is 5.09. The molecule has 5 aromatic carbocycles. The molecule has 0 fully saturated rings. The number of rotatable bonds is 2. The molecule has 8 aromatic rings. The highest BCUT2D eigenvalue weighted by atomic mass is 32.1. The Bertz CT molecular complexity index is 2020. The van der Waals surface area contributed by atoms with Gasteiger partial charge in [0.1, 0.15) is 0 Å². The van der Waals surface area contributed by atoms with Crippen molar-refractivity contribution in [3.8, 4) is 16.9 Å². The van der Waals surface area contributed by atoms with Crippen LogP contribution in [0, 0.1) is 0 Å². The SMILES string of the molecule is c1ccc2[nH]c(-c3ccc(-n4c5ccccc5c5c6c(ccc54)sc4ccccc46)cc3)cc2c1. The second-order valence-electron chi connectivity index (χ2n) is 9.10. The van der Waals surface area contributed by atoms with Crippen molar-refractivity contribution >= 4 is 64.2 Å². The molecule has 0 radical (unpaired) electrons. The highest BCUT2D eigenvalue weighted by Gasteiger charge is 2.17. The molecule has 3 heteroatoms. The van der Waals surface area contributed by atoms with Crippen LogP contribution in [0.15, 0.2) is 115 Å². The molecule has 0 amide bonds. The van der Waals surface area contributed by atoms with Crippen molar-refractivity contribution in [2.45, 2.75) is 0 Å². The van der Waals surface area contributed by atoms with Crippen LogP contribution < -0.4 is 0 Å². The van der Waals surface area contributed by atoms with Gasteiger partial charge in [-0.1, -0.05) is 66.7 Å². The molecule has 1 N–H and O–H groups in total. The van der Waals surface area contributed by atoms with Gasteiger partial charge >= 0.3 is 0 Å². The summed E-state index contributed by atoms with van der Waals surface area (Å²) in [6.07, 6.45) is 0. The number of hydrogen-bond donors (Lipinski definition) is 1. The molecular weight excluding hydrogens is 444 g/mol. The summed E-state index contributed by atoms with van der Waals surface area (Å²) in [6, 6.07) is 41.7. The standard InChI is InChI=1S/C32H20N2S/c1-4-10-25-21(7-1)19-26(33-25)20-13-15-22(16-14-20)34-27-11-5-2-8-23(27)31-28(34)17-18-30-32(31)24-9-3-6-12-29(24)35-30/h1-19,33H. The van der Waals surface area contributed by atoms with E-state index in [9.17, 15) is 0 Å². The molecule has 2 nitrogen and oxygen atoms in total. The summed E-state index contributed by atoms with van der Waals surface area (Å²) in [6.45, 7) is 0. The van der Waals surface area contributed by atoms with Crippen molar-refractivity contribution in [2.75, 3.05) is 0 Å². The molecule has 3 heterocycles. The van der Waals surface area contributed by atoms with Gasteiger partial charge in [-0.15, -0.1) is 11.3 Å². The smallest absolute Gasteiger partial charge is 0.0548 e. The molecule has 0 spiro atoms. The van der Waals surface area contributed by atoms with Crippen LogP contribution in [0.5, 0.6) is 0 Å². The third kappa shape index (κ3) is 2.70. The minimum Gasteiger partial charge on any atom is -0.355 e. The maximum Gasteiger partial charge on any atom is 0.0548 e. The molecule has 0 aliphatic carbocycles. The molecule has 164 valence electrons. The Hall–Kier alpha value is -4.34. The molecule has 0 aliphatic rings. The molecule has 3 aromatic heterocycles.